The van der Waals surface area contributed by atoms with E-state index < -0.39 is 6.10 Å². The maximum Gasteiger partial charge on any atom is 0.115 e. The molecule has 134 valence electrons. The van der Waals surface area contributed by atoms with Crippen LogP contribution < -0.4 is 5.73 Å². The molecule has 5 nitrogen and oxygen atoms in total. The van der Waals surface area contributed by atoms with Crippen LogP contribution >= 0.6 is 11.8 Å². The van der Waals surface area contributed by atoms with Crippen molar-refractivity contribution in [3.63, 3.8) is 0 Å². The minimum Gasteiger partial charge on any atom is -0.508 e. The number of thioether (sulfide) groups is 1. The Morgan fingerprint density at radius 3 is 2.41 bits per heavy atom. The average Bonchev–Trinajstić information content (AvgIpc) is 2.70. The van der Waals surface area contributed by atoms with Crippen molar-refractivity contribution in [2.45, 2.75) is 11.0 Å². The van der Waals surface area contributed by atoms with Crippen LogP contribution in [0, 0.1) is 11.3 Å². The van der Waals surface area contributed by atoms with E-state index in [1.165, 1.54) is 11.8 Å². The zero-order valence-electron chi connectivity index (χ0n) is 14.3. The molecule has 1 heterocycles. The van der Waals surface area contributed by atoms with E-state index in [9.17, 15) is 15.5 Å². The summed E-state index contributed by atoms with van der Waals surface area (Å²) in [5.74, 6) is 0.167. The molecule has 1 unspecified atom stereocenters. The lowest BCUT2D eigenvalue weighted by atomic mass is 9.98. The molecule has 0 aliphatic rings. The molecule has 1 atom stereocenters. The molecule has 4 N–H and O–H groups in total. The van der Waals surface area contributed by atoms with Gasteiger partial charge in [-0.2, -0.15) is 5.26 Å². The van der Waals surface area contributed by atoms with Crippen LogP contribution in [0.4, 0.5) is 0 Å². The first kappa shape index (κ1) is 18.5. The highest BCUT2D eigenvalue weighted by molar-refractivity contribution is 8.03. The van der Waals surface area contributed by atoms with Crippen LogP contribution in [0.3, 0.4) is 0 Å². The average molecular weight is 375 g/mol. The fourth-order valence-electron chi connectivity index (χ4n) is 2.56. The predicted octanol–water partition coefficient (Wildman–Crippen LogP) is 3.81. The van der Waals surface area contributed by atoms with Gasteiger partial charge in [0.05, 0.1) is 10.6 Å². The van der Waals surface area contributed by atoms with Crippen molar-refractivity contribution in [3.05, 3.63) is 94.8 Å². The summed E-state index contributed by atoms with van der Waals surface area (Å²) in [6, 6.07) is 19.3. The number of hydrogen-bond acceptors (Lipinski definition) is 6. The number of hydrogen-bond donors (Lipinski definition) is 3. The molecule has 1 aromatic heterocycles. The molecule has 0 radical (unpaired) electrons. The van der Waals surface area contributed by atoms with E-state index in [-0.39, 0.29) is 5.75 Å². The van der Waals surface area contributed by atoms with Crippen molar-refractivity contribution < 1.29 is 10.2 Å². The van der Waals surface area contributed by atoms with E-state index in [0.717, 1.165) is 10.5 Å². The number of benzene rings is 2. The number of nitriles is 1. The number of phenolic OH excluding ortho intramolecular Hbond substituents is 1. The van der Waals surface area contributed by atoms with Gasteiger partial charge in [-0.3, -0.25) is 4.98 Å². The van der Waals surface area contributed by atoms with Gasteiger partial charge in [-0.05, 0) is 59.2 Å². The second kappa shape index (κ2) is 8.41. The molecule has 0 bridgehead atoms. The number of phenols is 1. The molecule has 0 aliphatic heterocycles. The highest BCUT2D eigenvalue weighted by Crippen LogP contribution is 2.31. The van der Waals surface area contributed by atoms with Crippen LogP contribution in [-0.2, 0) is 0 Å². The summed E-state index contributed by atoms with van der Waals surface area (Å²) in [5, 5.41) is 29.9. The van der Waals surface area contributed by atoms with E-state index >= 15 is 0 Å². The Bertz CT molecular complexity index is 996. The quantitative estimate of drug-likeness (QED) is 0.463. The van der Waals surface area contributed by atoms with Crippen molar-refractivity contribution in [1.29, 1.82) is 5.26 Å². The van der Waals surface area contributed by atoms with Crippen molar-refractivity contribution in [2.75, 3.05) is 0 Å². The number of aliphatic hydroxyl groups excluding tert-OH is 1. The summed E-state index contributed by atoms with van der Waals surface area (Å²) >= 11 is 1.24. The number of allylic oxidation sites excluding steroid dienone is 1. The number of pyridine rings is 1. The lowest BCUT2D eigenvalue weighted by molar-refractivity contribution is 0.220. The zero-order valence-corrected chi connectivity index (χ0v) is 15.1. The van der Waals surface area contributed by atoms with E-state index in [1.807, 2.05) is 0 Å². The second-order valence-corrected chi connectivity index (χ2v) is 6.87. The number of aromatic hydroxyl groups is 1. The Kier molecular flexibility index (Phi) is 5.77. The number of nitrogens with zero attached hydrogens (tertiary/aromatic N) is 2. The maximum absolute atomic E-state index is 10.6. The number of aliphatic hydroxyl groups is 1. The molecule has 3 rings (SSSR count). The first-order valence-electron chi connectivity index (χ1n) is 8.13. The molecule has 0 amide bonds. The fourth-order valence-corrected chi connectivity index (χ4v) is 3.35. The topological polar surface area (TPSA) is 103 Å². The van der Waals surface area contributed by atoms with Crippen LogP contribution in [0.5, 0.6) is 5.75 Å². The van der Waals surface area contributed by atoms with Gasteiger partial charge in [0.15, 0.2) is 0 Å². The lowest BCUT2D eigenvalue weighted by Crippen LogP contribution is -2.02. The number of aromatic nitrogens is 1. The SMILES string of the molecule is N#C/C(=C(/N)Sc1ccc(O)cc1)c1cccc(C(O)c2ccncc2)c1. The van der Waals surface area contributed by atoms with Crippen LogP contribution in [0.2, 0.25) is 0 Å². The lowest BCUT2D eigenvalue weighted by Gasteiger charge is -2.13. The molecule has 0 spiro atoms. The molecule has 2 aromatic carbocycles. The minimum atomic E-state index is -0.820. The Balaban J connectivity index is 1.91. The van der Waals surface area contributed by atoms with E-state index in [4.69, 9.17) is 5.73 Å². The van der Waals surface area contributed by atoms with Gasteiger partial charge < -0.3 is 15.9 Å². The molecule has 27 heavy (non-hydrogen) atoms. The summed E-state index contributed by atoms with van der Waals surface area (Å²) in [7, 11) is 0. The van der Waals surface area contributed by atoms with Gasteiger partial charge in [0.25, 0.3) is 0 Å². The van der Waals surface area contributed by atoms with Crippen molar-refractivity contribution in [1.82, 2.24) is 4.98 Å². The molecule has 0 aliphatic carbocycles. The third kappa shape index (κ3) is 4.47. The first-order chi connectivity index (χ1) is 13.1. The maximum atomic E-state index is 10.6. The van der Waals surface area contributed by atoms with E-state index in [0.29, 0.717) is 21.7 Å². The monoisotopic (exact) mass is 375 g/mol. The van der Waals surface area contributed by atoms with Gasteiger partial charge in [-0.1, -0.05) is 30.0 Å². The summed E-state index contributed by atoms with van der Waals surface area (Å²) < 4.78 is 0. The molecule has 3 aromatic rings. The molecule has 0 fully saturated rings. The summed E-state index contributed by atoms with van der Waals surface area (Å²) in [6.07, 6.45) is 2.42. The third-order valence-corrected chi connectivity index (χ3v) is 4.87. The molecular weight excluding hydrogens is 358 g/mol. The van der Waals surface area contributed by atoms with Crippen molar-refractivity contribution in [3.8, 4) is 11.8 Å². The van der Waals surface area contributed by atoms with Crippen LogP contribution in [0.1, 0.15) is 22.8 Å². The zero-order chi connectivity index (χ0) is 19.2. The van der Waals surface area contributed by atoms with Crippen LogP contribution in [0.25, 0.3) is 5.57 Å². The van der Waals surface area contributed by atoms with Gasteiger partial charge in [-0.25, -0.2) is 0 Å². The summed E-state index contributed by atoms with van der Waals surface area (Å²) in [6.45, 7) is 0. The van der Waals surface area contributed by atoms with Crippen LogP contribution in [0.15, 0.2) is 83.0 Å². The van der Waals surface area contributed by atoms with Crippen molar-refractivity contribution in [2.24, 2.45) is 5.73 Å². The molecular formula is C21H17N3O2S. The van der Waals surface area contributed by atoms with Crippen molar-refractivity contribution >= 4 is 17.3 Å². The normalized spacial score (nSPS) is 12.7. The second-order valence-electron chi connectivity index (χ2n) is 5.76. The minimum absolute atomic E-state index is 0.167. The van der Waals surface area contributed by atoms with Gasteiger partial charge >= 0.3 is 0 Å². The Labute approximate surface area is 161 Å². The highest BCUT2D eigenvalue weighted by Gasteiger charge is 2.14. The smallest absolute Gasteiger partial charge is 0.115 e. The van der Waals surface area contributed by atoms with E-state index in [2.05, 4.69) is 11.1 Å². The number of rotatable bonds is 5. The third-order valence-electron chi connectivity index (χ3n) is 3.94. The Hall–Kier alpha value is -3.27. The largest absolute Gasteiger partial charge is 0.508 e. The van der Waals surface area contributed by atoms with Gasteiger partial charge in [-0.15, -0.1) is 0 Å². The predicted molar refractivity (Wildman–Crippen MR) is 105 cm³/mol. The molecule has 0 saturated carbocycles. The molecule has 6 heteroatoms. The van der Waals surface area contributed by atoms with Gasteiger partial charge in [0.2, 0.25) is 0 Å². The Morgan fingerprint density at radius 2 is 1.74 bits per heavy atom. The molecule has 0 saturated heterocycles. The standard InChI is InChI=1S/C21H17N3O2S/c22-13-19(21(23)27-18-6-4-17(25)5-7-18)15-2-1-3-16(12-15)20(26)14-8-10-24-11-9-14/h1-12,20,25-26H,23H2/b21-19+. The first-order valence-corrected chi connectivity index (χ1v) is 8.95. The van der Waals surface area contributed by atoms with E-state index in [1.54, 1.807) is 73.1 Å². The number of nitrogens with two attached hydrogens (primary N) is 1. The summed E-state index contributed by atoms with van der Waals surface area (Å²) in [4.78, 5) is 4.76. The fraction of sp³-hybridized carbons (Fsp3) is 0.0476. The van der Waals surface area contributed by atoms with Gasteiger partial charge in [0, 0.05) is 17.3 Å². The Morgan fingerprint density at radius 1 is 1.04 bits per heavy atom. The highest BCUT2D eigenvalue weighted by atomic mass is 32.2. The van der Waals surface area contributed by atoms with Gasteiger partial charge in [0.1, 0.15) is 17.9 Å². The summed E-state index contributed by atoms with van der Waals surface area (Å²) in [5.41, 5.74) is 8.50. The van der Waals surface area contributed by atoms with Crippen LogP contribution in [-0.4, -0.2) is 15.2 Å².